The number of aryl methyl sites for hydroxylation is 1. The lowest BCUT2D eigenvalue weighted by atomic mass is 10.1. The van der Waals surface area contributed by atoms with E-state index < -0.39 is 11.9 Å². The smallest absolute Gasteiger partial charge is 0.287 e. The molecule has 0 saturated carbocycles. The van der Waals surface area contributed by atoms with Crippen molar-refractivity contribution in [3.63, 3.8) is 0 Å². The highest BCUT2D eigenvalue weighted by molar-refractivity contribution is 6.01. The first kappa shape index (κ1) is 13.6. The third-order valence-electron chi connectivity index (χ3n) is 3.70. The van der Waals surface area contributed by atoms with Gasteiger partial charge in [0.05, 0.1) is 0 Å². The van der Waals surface area contributed by atoms with Crippen LogP contribution < -0.4 is 10.6 Å². The van der Waals surface area contributed by atoms with Gasteiger partial charge in [-0.05, 0) is 38.0 Å². The summed E-state index contributed by atoms with van der Waals surface area (Å²) < 4.78 is 18.7. The summed E-state index contributed by atoms with van der Waals surface area (Å²) in [6.07, 6.45) is 1.42. The molecule has 1 aliphatic heterocycles. The Morgan fingerprint density at radius 3 is 3.05 bits per heavy atom. The minimum atomic E-state index is -0.546. The van der Waals surface area contributed by atoms with E-state index in [4.69, 9.17) is 4.42 Å². The van der Waals surface area contributed by atoms with Gasteiger partial charge < -0.3 is 15.1 Å². The molecule has 0 bridgehead atoms. The molecular formula is C15H15FN2O3. The van der Waals surface area contributed by atoms with Crippen LogP contribution in [0.3, 0.4) is 0 Å². The van der Waals surface area contributed by atoms with Gasteiger partial charge in [-0.1, -0.05) is 0 Å². The van der Waals surface area contributed by atoms with Crippen molar-refractivity contribution in [2.24, 2.45) is 0 Å². The van der Waals surface area contributed by atoms with Gasteiger partial charge in [0.1, 0.15) is 17.4 Å². The van der Waals surface area contributed by atoms with Gasteiger partial charge in [0.15, 0.2) is 5.76 Å². The zero-order chi connectivity index (χ0) is 15.0. The van der Waals surface area contributed by atoms with Gasteiger partial charge >= 0.3 is 0 Å². The second-order valence-corrected chi connectivity index (χ2v) is 5.16. The van der Waals surface area contributed by atoms with E-state index in [1.165, 1.54) is 18.2 Å². The Morgan fingerprint density at radius 2 is 2.29 bits per heavy atom. The van der Waals surface area contributed by atoms with Crippen LogP contribution in [-0.4, -0.2) is 24.4 Å². The third kappa shape index (κ3) is 2.49. The van der Waals surface area contributed by atoms with Crippen molar-refractivity contribution in [3.8, 4) is 0 Å². The molecule has 0 unspecified atom stereocenters. The van der Waals surface area contributed by atoms with Crippen LogP contribution in [0.15, 0.2) is 22.6 Å². The number of hydrogen-bond donors (Lipinski definition) is 2. The van der Waals surface area contributed by atoms with Crippen molar-refractivity contribution in [2.45, 2.75) is 25.8 Å². The Bertz CT molecular complexity index is 723. The number of carbonyl (C=O) groups is 2. The van der Waals surface area contributed by atoms with Crippen LogP contribution in [0.4, 0.5) is 4.39 Å². The molecule has 110 valence electrons. The summed E-state index contributed by atoms with van der Waals surface area (Å²) in [4.78, 5) is 23.9. The number of furan rings is 1. The number of piperidine rings is 1. The quantitative estimate of drug-likeness (QED) is 0.887. The van der Waals surface area contributed by atoms with Crippen LogP contribution in [0, 0.1) is 12.7 Å². The number of halogens is 1. The van der Waals surface area contributed by atoms with Gasteiger partial charge in [-0.25, -0.2) is 4.39 Å². The zero-order valence-corrected chi connectivity index (χ0v) is 11.5. The van der Waals surface area contributed by atoms with Crippen molar-refractivity contribution < 1.29 is 18.4 Å². The number of carbonyl (C=O) groups excluding carboxylic acids is 2. The van der Waals surface area contributed by atoms with Crippen LogP contribution in [0.5, 0.6) is 0 Å². The predicted octanol–water partition coefficient (Wildman–Crippen LogP) is 1.89. The Labute approximate surface area is 120 Å². The summed E-state index contributed by atoms with van der Waals surface area (Å²) in [5, 5.41) is 5.93. The maximum atomic E-state index is 13.3. The van der Waals surface area contributed by atoms with Crippen LogP contribution in [0.2, 0.25) is 0 Å². The summed E-state index contributed by atoms with van der Waals surface area (Å²) >= 11 is 0. The largest absolute Gasteiger partial charge is 0.451 e. The molecule has 0 radical (unpaired) electrons. The minimum absolute atomic E-state index is 0.119. The van der Waals surface area contributed by atoms with E-state index in [-0.39, 0.29) is 17.5 Å². The first-order valence-electron chi connectivity index (χ1n) is 6.83. The lowest BCUT2D eigenvalue weighted by Gasteiger charge is -2.22. The van der Waals surface area contributed by atoms with Gasteiger partial charge in [0.2, 0.25) is 5.91 Å². The van der Waals surface area contributed by atoms with E-state index in [1.807, 2.05) is 0 Å². The predicted molar refractivity (Wildman–Crippen MR) is 74.4 cm³/mol. The van der Waals surface area contributed by atoms with E-state index >= 15 is 0 Å². The van der Waals surface area contributed by atoms with E-state index in [1.54, 1.807) is 6.92 Å². The van der Waals surface area contributed by atoms with Crippen molar-refractivity contribution in [1.29, 1.82) is 0 Å². The second kappa shape index (κ2) is 5.20. The Kier molecular flexibility index (Phi) is 3.37. The molecule has 1 aliphatic rings. The minimum Gasteiger partial charge on any atom is -0.451 e. The summed E-state index contributed by atoms with van der Waals surface area (Å²) in [6, 6.07) is 3.55. The Balaban J connectivity index is 1.87. The molecule has 2 amide bonds. The molecule has 0 spiro atoms. The molecule has 2 heterocycles. The van der Waals surface area contributed by atoms with Gasteiger partial charge in [-0.15, -0.1) is 0 Å². The summed E-state index contributed by atoms with van der Waals surface area (Å²) in [6.45, 7) is 2.33. The maximum Gasteiger partial charge on any atom is 0.287 e. The summed E-state index contributed by atoms with van der Waals surface area (Å²) in [5.74, 6) is -0.903. The van der Waals surface area contributed by atoms with E-state index in [2.05, 4.69) is 10.6 Å². The molecule has 2 aromatic rings. The third-order valence-corrected chi connectivity index (χ3v) is 3.70. The molecule has 5 nitrogen and oxygen atoms in total. The fraction of sp³-hybridized carbons (Fsp3) is 0.333. The molecule has 1 aromatic heterocycles. The highest BCUT2D eigenvalue weighted by Crippen LogP contribution is 2.26. The molecular weight excluding hydrogens is 275 g/mol. The zero-order valence-electron chi connectivity index (χ0n) is 11.5. The summed E-state index contributed by atoms with van der Waals surface area (Å²) in [5.41, 5.74) is 1.02. The summed E-state index contributed by atoms with van der Waals surface area (Å²) in [7, 11) is 0. The molecule has 0 aliphatic carbocycles. The molecule has 21 heavy (non-hydrogen) atoms. The Hall–Kier alpha value is -2.37. The SMILES string of the molecule is Cc1c(C(=O)N[C@H]2CCCNC2=O)oc2ccc(F)cc12. The molecule has 1 aromatic carbocycles. The van der Waals surface area contributed by atoms with Crippen molar-refractivity contribution in [3.05, 3.63) is 35.3 Å². The molecule has 1 fully saturated rings. The topological polar surface area (TPSA) is 71.3 Å². The van der Waals surface area contributed by atoms with Crippen molar-refractivity contribution >= 4 is 22.8 Å². The van der Waals surface area contributed by atoms with E-state index in [0.717, 1.165) is 6.42 Å². The van der Waals surface area contributed by atoms with Gasteiger partial charge in [-0.2, -0.15) is 0 Å². The fourth-order valence-corrected chi connectivity index (χ4v) is 2.54. The number of benzene rings is 1. The standard InChI is InChI=1S/C15H15FN2O3/c1-8-10-7-9(16)4-5-12(10)21-13(8)15(20)18-11-3-2-6-17-14(11)19/h4-5,7,11H,2-3,6H2,1H3,(H,17,19)(H,18,20)/t11-/m0/s1. The molecule has 3 rings (SSSR count). The van der Waals surface area contributed by atoms with Crippen LogP contribution >= 0.6 is 0 Å². The lowest BCUT2D eigenvalue weighted by molar-refractivity contribution is -0.124. The fourth-order valence-electron chi connectivity index (χ4n) is 2.54. The number of fused-ring (bicyclic) bond motifs is 1. The lowest BCUT2D eigenvalue weighted by Crippen LogP contribution is -2.50. The molecule has 1 saturated heterocycles. The highest BCUT2D eigenvalue weighted by Gasteiger charge is 2.26. The van der Waals surface area contributed by atoms with Crippen LogP contribution in [0.1, 0.15) is 29.0 Å². The van der Waals surface area contributed by atoms with Gasteiger partial charge in [0, 0.05) is 17.5 Å². The molecule has 2 N–H and O–H groups in total. The monoisotopic (exact) mass is 290 g/mol. The van der Waals surface area contributed by atoms with E-state index in [0.29, 0.717) is 29.5 Å². The normalized spacial score (nSPS) is 18.6. The highest BCUT2D eigenvalue weighted by atomic mass is 19.1. The van der Waals surface area contributed by atoms with Crippen LogP contribution in [-0.2, 0) is 4.79 Å². The van der Waals surface area contributed by atoms with Gasteiger partial charge in [-0.3, -0.25) is 9.59 Å². The first-order chi connectivity index (χ1) is 10.1. The van der Waals surface area contributed by atoms with E-state index in [9.17, 15) is 14.0 Å². The number of amides is 2. The first-order valence-corrected chi connectivity index (χ1v) is 6.83. The van der Waals surface area contributed by atoms with Crippen LogP contribution in [0.25, 0.3) is 11.0 Å². The number of nitrogens with one attached hydrogen (secondary N) is 2. The van der Waals surface area contributed by atoms with Crippen molar-refractivity contribution in [2.75, 3.05) is 6.54 Å². The molecule has 6 heteroatoms. The van der Waals surface area contributed by atoms with Gasteiger partial charge in [0.25, 0.3) is 5.91 Å². The Morgan fingerprint density at radius 1 is 1.48 bits per heavy atom. The molecule has 1 atom stereocenters. The second-order valence-electron chi connectivity index (χ2n) is 5.16. The maximum absolute atomic E-state index is 13.3. The van der Waals surface area contributed by atoms with Crippen molar-refractivity contribution in [1.82, 2.24) is 10.6 Å². The average molecular weight is 290 g/mol. The average Bonchev–Trinajstić information content (AvgIpc) is 2.79. The number of hydrogen-bond acceptors (Lipinski definition) is 3. The number of rotatable bonds is 2.